The Morgan fingerprint density at radius 3 is 2.64 bits per heavy atom. The summed E-state index contributed by atoms with van der Waals surface area (Å²) in [6.07, 6.45) is 6.15. The molecule has 0 bridgehead atoms. The van der Waals surface area contributed by atoms with Crippen molar-refractivity contribution < 1.29 is 13.9 Å². The molecule has 1 aliphatic heterocycles. The first-order chi connectivity index (χ1) is 13.6. The summed E-state index contributed by atoms with van der Waals surface area (Å²) in [4.78, 5) is 26.5. The Kier molecular flexibility index (Phi) is 7.51. The van der Waals surface area contributed by atoms with Crippen LogP contribution in [-0.2, 0) is 17.9 Å². The molecule has 6 nitrogen and oxygen atoms in total. The average molecular weight is 405 g/mol. The van der Waals surface area contributed by atoms with Crippen LogP contribution in [0, 0.1) is 0 Å². The summed E-state index contributed by atoms with van der Waals surface area (Å²) in [5.41, 5.74) is 0.532. The smallest absolute Gasteiger partial charge is 0.258 e. The van der Waals surface area contributed by atoms with Gasteiger partial charge in [-0.25, -0.2) is 0 Å². The SMILES string of the molecule is O=C(COc1coc(CN2CCCCCC2)cc1=O)NCc1ccccc1Cl. The number of amides is 1. The molecule has 1 aromatic carbocycles. The van der Waals surface area contributed by atoms with Gasteiger partial charge in [-0.2, -0.15) is 0 Å². The number of likely N-dealkylation sites (tertiary alicyclic amines) is 1. The topological polar surface area (TPSA) is 71.8 Å². The molecule has 2 aromatic rings. The lowest BCUT2D eigenvalue weighted by Gasteiger charge is -2.18. The number of halogens is 1. The molecule has 1 amide bonds. The van der Waals surface area contributed by atoms with Crippen LogP contribution in [0.2, 0.25) is 5.02 Å². The monoisotopic (exact) mass is 404 g/mol. The van der Waals surface area contributed by atoms with Gasteiger partial charge in [-0.15, -0.1) is 0 Å². The molecule has 0 aliphatic carbocycles. The molecular weight excluding hydrogens is 380 g/mol. The number of carbonyl (C=O) groups excluding carboxylic acids is 1. The van der Waals surface area contributed by atoms with E-state index in [0.717, 1.165) is 18.7 Å². The minimum absolute atomic E-state index is 0.0347. The lowest BCUT2D eigenvalue weighted by molar-refractivity contribution is -0.123. The number of rotatable bonds is 7. The van der Waals surface area contributed by atoms with Gasteiger partial charge < -0.3 is 14.5 Å². The summed E-state index contributed by atoms with van der Waals surface area (Å²) in [6, 6.07) is 8.72. The van der Waals surface area contributed by atoms with Gasteiger partial charge in [0.25, 0.3) is 5.91 Å². The zero-order chi connectivity index (χ0) is 19.8. The van der Waals surface area contributed by atoms with Crippen LogP contribution in [0.15, 0.2) is 45.8 Å². The molecule has 0 radical (unpaired) electrons. The number of nitrogens with zero attached hydrogens (tertiary/aromatic N) is 1. The van der Waals surface area contributed by atoms with E-state index in [-0.39, 0.29) is 23.7 Å². The molecule has 1 aliphatic rings. The van der Waals surface area contributed by atoms with Crippen molar-refractivity contribution in [3.63, 3.8) is 0 Å². The summed E-state index contributed by atoms with van der Waals surface area (Å²) in [5.74, 6) is 0.308. The van der Waals surface area contributed by atoms with Crippen LogP contribution in [0.25, 0.3) is 0 Å². The van der Waals surface area contributed by atoms with Gasteiger partial charge in [0.2, 0.25) is 11.2 Å². The van der Waals surface area contributed by atoms with Gasteiger partial charge in [-0.05, 0) is 37.6 Å². The summed E-state index contributed by atoms with van der Waals surface area (Å²) in [7, 11) is 0. The zero-order valence-corrected chi connectivity index (χ0v) is 16.5. The Balaban J connectivity index is 1.48. The molecule has 0 unspecified atom stereocenters. The highest BCUT2D eigenvalue weighted by atomic mass is 35.5. The van der Waals surface area contributed by atoms with E-state index in [2.05, 4.69) is 10.2 Å². The molecule has 3 rings (SSSR count). The highest BCUT2D eigenvalue weighted by Gasteiger charge is 2.13. The van der Waals surface area contributed by atoms with Crippen LogP contribution < -0.4 is 15.5 Å². The van der Waals surface area contributed by atoms with Crippen molar-refractivity contribution >= 4 is 17.5 Å². The maximum absolute atomic E-state index is 12.2. The fraction of sp³-hybridized carbons (Fsp3) is 0.429. The van der Waals surface area contributed by atoms with Gasteiger partial charge in [0.05, 0.1) is 6.54 Å². The minimum Gasteiger partial charge on any atom is -0.477 e. The average Bonchev–Trinajstić information content (AvgIpc) is 2.95. The van der Waals surface area contributed by atoms with Crippen molar-refractivity contribution in [2.45, 2.75) is 38.8 Å². The Hall–Kier alpha value is -2.31. The molecule has 2 heterocycles. The highest BCUT2D eigenvalue weighted by molar-refractivity contribution is 6.31. The van der Waals surface area contributed by atoms with Crippen LogP contribution in [0.5, 0.6) is 5.75 Å². The zero-order valence-electron chi connectivity index (χ0n) is 15.8. The number of benzene rings is 1. The molecule has 0 spiro atoms. The lowest BCUT2D eigenvalue weighted by atomic mass is 10.2. The summed E-state index contributed by atoms with van der Waals surface area (Å²) >= 11 is 6.06. The van der Waals surface area contributed by atoms with E-state index in [0.29, 0.717) is 23.9 Å². The Morgan fingerprint density at radius 1 is 1.18 bits per heavy atom. The highest BCUT2D eigenvalue weighted by Crippen LogP contribution is 2.15. The van der Waals surface area contributed by atoms with E-state index in [9.17, 15) is 9.59 Å². The fourth-order valence-corrected chi connectivity index (χ4v) is 3.37. The number of ether oxygens (including phenoxy) is 1. The van der Waals surface area contributed by atoms with Gasteiger partial charge in [-0.3, -0.25) is 14.5 Å². The number of hydrogen-bond acceptors (Lipinski definition) is 5. The molecule has 1 aromatic heterocycles. The van der Waals surface area contributed by atoms with Gasteiger partial charge in [-0.1, -0.05) is 42.6 Å². The van der Waals surface area contributed by atoms with E-state index < -0.39 is 0 Å². The molecule has 150 valence electrons. The Morgan fingerprint density at radius 2 is 1.93 bits per heavy atom. The lowest BCUT2D eigenvalue weighted by Crippen LogP contribution is -2.29. The molecule has 0 atom stereocenters. The third-order valence-corrected chi connectivity index (χ3v) is 5.09. The van der Waals surface area contributed by atoms with Crippen molar-refractivity contribution in [1.29, 1.82) is 0 Å². The van der Waals surface area contributed by atoms with Gasteiger partial charge >= 0.3 is 0 Å². The van der Waals surface area contributed by atoms with Gasteiger partial charge in [0, 0.05) is 17.6 Å². The van der Waals surface area contributed by atoms with Crippen LogP contribution in [0.3, 0.4) is 0 Å². The second kappa shape index (κ2) is 10.3. The van der Waals surface area contributed by atoms with E-state index in [1.54, 1.807) is 6.07 Å². The van der Waals surface area contributed by atoms with Gasteiger partial charge in [0.15, 0.2) is 6.61 Å². The van der Waals surface area contributed by atoms with Crippen molar-refractivity contribution in [2.24, 2.45) is 0 Å². The van der Waals surface area contributed by atoms with Gasteiger partial charge in [0.1, 0.15) is 12.0 Å². The van der Waals surface area contributed by atoms with Crippen LogP contribution in [0.1, 0.15) is 37.0 Å². The summed E-state index contributed by atoms with van der Waals surface area (Å²) < 4.78 is 10.9. The maximum Gasteiger partial charge on any atom is 0.258 e. The first kappa shape index (κ1) is 20.4. The summed E-state index contributed by atoms with van der Waals surface area (Å²) in [5, 5.41) is 3.30. The predicted octanol–water partition coefficient (Wildman–Crippen LogP) is 3.36. The molecule has 0 saturated carbocycles. The first-order valence-electron chi connectivity index (χ1n) is 9.59. The largest absolute Gasteiger partial charge is 0.477 e. The number of nitrogens with one attached hydrogen (secondary N) is 1. The van der Waals surface area contributed by atoms with Crippen molar-refractivity contribution in [3.8, 4) is 5.75 Å². The maximum atomic E-state index is 12.2. The molecule has 7 heteroatoms. The van der Waals surface area contributed by atoms with Crippen LogP contribution in [0.4, 0.5) is 0 Å². The standard InChI is InChI=1S/C21H25ClN2O4/c22-18-8-4-3-7-16(18)12-23-21(26)15-28-20-14-27-17(11-19(20)25)13-24-9-5-1-2-6-10-24/h3-4,7-8,11,14H,1-2,5-6,9-10,12-13,15H2,(H,23,26). The number of carbonyl (C=O) groups is 1. The molecule has 1 N–H and O–H groups in total. The molecular formula is C21H25ClN2O4. The van der Waals surface area contributed by atoms with E-state index in [1.807, 2.05) is 18.2 Å². The van der Waals surface area contributed by atoms with Crippen molar-refractivity contribution in [1.82, 2.24) is 10.2 Å². The minimum atomic E-state index is -0.340. The predicted molar refractivity (Wildman–Crippen MR) is 108 cm³/mol. The Labute approximate surface area is 169 Å². The van der Waals surface area contributed by atoms with E-state index in [1.165, 1.54) is 38.0 Å². The summed E-state index contributed by atoms with van der Waals surface area (Å²) in [6.45, 7) is 2.70. The Bertz CT molecular complexity index is 844. The molecule has 28 heavy (non-hydrogen) atoms. The molecule has 1 fully saturated rings. The second-order valence-corrected chi connectivity index (χ2v) is 7.33. The number of hydrogen-bond donors (Lipinski definition) is 1. The quantitative estimate of drug-likeness (QED) is 0.766. The first-order valence-corrected chi connectivity index (χ1v) is 9.96. The van der Waals surface area contributed by atoms with Crippen molar-refractivity contribution in [3.05, 3.63) is 63.2 Å². The normalized spacial score (nSPS) is 15.0. The third-order valence-electron chi connectivity index (χ3n) is 4.72. The fourth-order valence-electron chi connectivity index (χ4n) is 3.17. The second-order valence-electron chi connectivity index (χ2n) is 6.92. The van der Waals surface area contributed by atoms with E-state index >= 15 is 0 Å². The van der Waals surface area contributed by atoms with E-state index in [4.69, 9.17) is 20.8 Å². The van der Waals surface area contributed by atoms with Crippen LogP contribution >= 0.6 is 11.6 Å². The third kappa shape index (κ3) is 6.11. The van der Waals surface area contributed by atoms with Crippen molar-refractivity contribution in [2.75, 3.05) is 19.7 Å². The van der Waals surface area contributed by atoms with Crippen LogP contribution in [-0.4, -0.2) is 30.5 Å². The molecule has 1 saturated heterocycles.